The van der Waals surface area contributed by atoms with Gasteiger partial charge >= 0.3 is 0 Å². The van der Waals surface area contributed by atoms with E-state index in [1.165, 1.54) is 19.3 Å². The minimum Gasteiger partial charge on any atom is -0.493 e. The maximum absolute atomic E-state index is 12.7. The average molecular weight is 541 g/mol. The summed E-state index contributed by atoms with van der Waals surface area (Å²) in [6.07, 6.45) is 4.49. The second kappa shape index (κ2) is 10.1. The molecule has 0 bridgehead atoms. The minimum atomic E-state index is -0.428. The molecular weight excluding hydrogens is 525 g/mol. The Morgan fingerprint density at radius 2 is 1.89 bits per heavy atom. The lowest BCUT2D eigenvalue weighted by molar-refractivity contribution is -0.111. The molecule has 10 heteroatoms. The molecule has 0 radical (unpaired) electrons. The Hall–Kier alpha value is -3.78. The maximum atomic E-state index is 12.7. The molecule has 0 aliphatic heterocycles. The molecule has 36 heavy (non-hydrogen) atoms. The molecule has 0 saturated heterocycles. The van der Waals surface area contributed by atoms with Crippen molar-refractivity contribution >= 4 is 63.7 Å². The molecule has 3 aromatic heterocycles. The Balaban J connectivity index is 1.37. The Kier molecular flexibility index (Phi) is 6.69. The molecule has 0 atom stereocenters. The standard InChI is InChI=1S/C26H16Cl3N3O4/c1-34-24-19(29)11-14(26-32-25-22(36-26)3-2-10-30-25)12-20(24)31-23(33)9-6-16-5-8-21(35-16)17-7-4-15(27)13-18(17)28/h2-13H,1H3,(H,31,33)/b9-6+. The molecule has 3 heterocycles. The first-order valence-electron chi connectivity index (χ1n) is 10.5. The van der Waals surface area contributed by atoms with Gasteiger partial charge in [0.05, 0.1) is 22.8 Å². The van der Waals surface area contributed by atoms with Crippen molar-refractivity contribution in [3.8, 4) is 28.5 Å². The van der Waals surface area contributed by atoms with E-state index in [9.17, 15) is 4.79 Å². The van der Waals surface area contributed by atoms with Crippen LogP contribution >= 0.6 is 34.8 Å². The van der Waals surface area contributed by atoms with Crippen molar-refractivity contribution in [3.63, 3.8) is 0 Å². The van der Waals surface area contributed by atoms with E-state index in [1.807, 2.05) is 0 Å². The summed E-state index contributed by atoms with van der Waals surface area (Å²) in [6, 6.07) is 15.4. The van der Waals surface area contributed by atoms with Gasteiger partial charge in [0.2, 0.25) is 11.8 Å². The highest BCUT2D eigenvalue weighted by molar-refractivity contribution is 6.36. The van der Waals surface area contributed by atoms with Gasteiger partial charge in [0.25, 0.3) is 0 Å². The first-order chi connectivity index (χ1) is 17.4. The van der Waals surface area contributed by atoms with Crippen LogP contribution in [0.3, 0.4) is 0 Å². The number of amides is 1. The van der Waals surface area contributed by atoms with E-state index in [0.717, 1.165) is 0 Å². The molecule has 5 rings (SSSR count). The van der Waals surface area contributed by atoms with Crippen LogP contribution < -0.4 is 10.1 Å². The largest absolute Gasteiger partial charge is 0.493 e. The fourth-order valence-electron chi connectivity index (χ4n) is 3.52. The number of methoxy groups -OCH3 is 1. The summed E-state index contributed by atoms with van der Waals surface area (Å²) in [4.78, 5) is 21.3. The van der Waals surface area contributed by atoms with Crippen LogP contribution in [0.4, 0.5) is 5.69 Å². The van der Waals surface area contributed by atoms with E-state index in [2.05, 4.69) is 15.3 Å². The molecule has 1 N–H and O–H groups in total. The third kappa shape index (κ3) is 4.95. The van der Waals surface area contributed by atoms with E-state index >= 15 is 0 Å². The maximum Gasteiger partial charge on any atom is 0.248 e. The number of ether oxygens (including phenoxy) is 1. The molecule has 1 amide bonds. The van der Waals surface area contributed by atoms with E-state index in [0.29, 0.717) is 61.3 Å². The molecule has 5 aromatic rings. The van der Waals surface area contributed by atoms with E-state index in [4.69, 9.17) is 48.4 Å². The van der Waals surface area contributed by atoms with Gasteiger partial charge in [0, 0.05) is 28.4 Å². The third-order valence-electron chi connectivity index (χ3n) is 5.14. The van der Waals surface area contributed by atoms with Crippen molar-refractivity contribution < 1.29 is 18.4 Å². The zero-order valence-corrected chi connectivity index (χ0v) is 20.9. The number of nitrogens with one attached hydrogen (secondary N) is 1. The van der Waals surface area contributed by atoms with Gasteiger partial charge in [-0.25, -0.2) is 4.98 Å². The summed E-state index contributed by atoms with van der Waals surface area (Å²) in [5.74, 6) is 1.19. The normalized spacial score (nSPS) is 11.3. The molecule has 0 fully saturated rings. The lowest BCUT2D eigenvalue weighted by atomic mass is 10.1. The van der Waals surface area contributed by atoms with E-state index in [-0.39, 0.29) is 5.02 Å². The van der Waals surface area contributed by atoms with Crippen LogP contribution in [0.1, 0.15) is 5.76 Å². The number of aromatic nitrogens is 2. The number of furan rings is 1. The molecule has 0 aliphatic carbocycles. The van der Waals surface area contributed by atoms with Crippen LogP contribution in [0.2, 0.25) is 15.1 Å². The van der Waals surface area contributed by atoms with Gasteiger partial charge in [0.1, 0.15) is 11.5 Å². The van der Waals surface area contributed by atoms with Crippen LogP contribution in [-0.2, 0) is 4.79 Å². The van der Waals surface area contributed by atoms with Gasteiger partial charge in [-0.05, 0) is 60.7 Å². The smallest absolute Gasteiger partial charge is 0.248 e. The van der Waals surface area contributed by atoms with Crippen molar-refractivity contribution in [1.29, 1.82) is 0 Å². The van der Waals surface area contributed by atoms with Crippen molar-refractivity contribution in [3.05, 3.63) is 87.7 Å². The zero-order chi connectivity index (χ0) is 25.2. The Morgan fingerprint density at radius 1 is 1.03 bits per heavy atom. The molecule has 0 saturated carbocycles. The third-order valence-corrected chi connectivity index (χ3v) is 5.97. The number of benzene rings is 2. The number of oxazole rings is 1. The number of fused-ring (bicyclic) bond motifs is 1. The minimum absolute atomic E-state index is 0.278. The first-order valence-corrected chi connectivity index (χ1v) is 11.7. The van der Waals surface area contributed by atoms with Gasteiger partial charge in [-0.15, -0.1) is 0 Å². The molecule has 0 unspecified atom stereocenters. The summed E-state index contributed by atoms with van der Waals surface area (Å²) in [6.45, 7) is 0. The highest BCUT2D eigenvalue weighted by Gasteiger charge is 2.17. The van der Waals surface area contributed by atoms with Gasteiger partial charge in [0.15, 0.2) is 17.0 Å². The second-order valence-corrected chi connectivity index (χ2v) is 8.78. The van der Waals surface area contributed by atoms with E-state index in [1.54, 1.807) is 60.8 Å². The van der Waals surface area contributed by atoms with Gasteiger partial charge in [-0.1, -0.05) is 34.8 Å². The predicted octanol–water partition coefficient (Wildman–Crippen LogP) is 7.77. The molecule has 180 valence electrons. The zero-order valence-electron chi connectivity index (χ0n) is 18.6. The summed E-state index contributed by atoms with van der Waals surface area (Å²) in [5, 5.41) is 4.04. The number of hydrogen-bond acceptors (Lipinski definition) is 6. The van der Waals surface area contributed by atoms with Crippen molar-refractivity contribution in [2.24, 2.45) is 0 Å². The first kappa shape index (κ1) is 23.9. The Bertz CT molecular complexity index is 1590. The lowest BCUT2D eigenvalue weighted by Crippen LogP contribution is -2.09. The topological polar surface area (TPSA) is 90.4 Å². The van der Waals surface area contributed by atoms with Crippen LogP contribution in [-0.4, -0.2) is 23.0 Å². The Labute approximate surface area is 220 Å². The summed E-state index contributed by atoms with van der Waals surface area (Å²) in [7, 11) is 1.46. The molecular formula is C26H16Cl3N3O4. The van der Waals surface area contributed by atoms with E-state index < -0.39 is 5.91 Å². The number of hydrogen-bond donors (Lipinski definition) is 1. The molecule has 0 spiro atoms. The predicted molar refractivity (Wildman–Crippen MR) is 141 cm³/mol. The summed E-state index contributed by atoms with van der Waals surface area (Å²) < 4.78 is 17.0. The number of nitrogens with zero attached hydrogens (tertiary/aromatic N) is 2. The lowest BCUT2D eigenvalue weighted by Gasteiger charge is -2.12. The van der Waals surface area contributed by atoms with Crippen LogP contribution in [0, 0.1) is 0 Å². The quantitative estimate of drug-likeness (QED) is 0.221. The number of carbonyl (C=O) groups is 1. The molecule has 0 aliphatic rings. The Morgan fingerprint density at radius 3 is 2.67 bits per heavy atom. The summed E-state index contributed by atoms with van der Waals surface area (Å²) in [5.41, 5.74) is 2.58. The van der Waals surface area contributed by atoms with Crippen molar-refractivity contribution in [2.75, 3.05) is 12.4 Å². The second-order valence-electron chi connectivity index (χ2n) is 7.53. The highest BCUT2D eigenvalue weighted by Crippen LogP contribution is 2.38. The number of halogens is 3. The molecule has 2 aromatic carbocycles. The summed E-state index contributed by atoms with van der Waals surface area (Å²) >= 11 is 18.6. The average Bonchev–Trinajstić information content (AvgIpc) is 3.50. The van der Waals surface area contributed by atoms with Gasteiger partial charge in [-0.2, -0.15) is 4.98 Å². The van der Waals surface area contributed by atoms with Gasteiger partial charge in [-0.3, -0.25) is 4.79 Å². The number of rotatable bonds is 6. The van der Waals surface area contributed by atoms with Crippen LogP contribution in [0.15, 0.2) is 75.7 Å². The molecule has 7 nitrogen and oxygen atoms in total. The SMILES string of the molecule is COc1c(Cl)cc(-c2nc3ncccc3o2)cc1NC(=O)/C=C/c1ccc(-c2ccc(Cl)cc2Cl)o1. The van der Waals surface area contributed by atoms with Crippen LogP contribution in [0.25, 0.3) is 40.1 Å². The number of anilines is 1. The highest BCUT2D eigenvalue weighted by atomic mass is 35.5. The fourth-order valence-corrected chi connectivity index (χ4v) is 4.32. The van der Waals surface area contributed by atoms with Crippen molar-refractivity contribution in [1.82, 2.24) is 9.97 Å². The monoisotopic (exact) mass is 539 g/mol. The van der Waals surface area contributed by atoms with Gasteiger partial charge < -0.3 is 18.9 Å². The number of carbonyl (C=O) groups excluding carboxylic acids is 1. The van der Waals surface area contributed by atoms with Crippen molar-refractivity contribution in [2.45, 2.75) is 0 Å². The fraction of sp³-hybridized carbons (Fsp3) is 0.0385. The van der Waals surface area contributed by atoms with Crippen LogP contribution in [0.5, 0.6) is 5.75 Å². The number of pyridine rings is 1.